The molecule has 0 spiro atoms. The smallest absolute Gasteiger partial charge is 0.226 e. The van der Waals surface area contributed by atoms with Crippen molar-refractivity contribution in [1.82, 2.24) is 4.90 Å². The molecule has 2 rings (SSSR count). The topological polar surface area (TPSA) is 52.7 Å². The van der Waals surface area contributed by atoms with Gasteiger partial charge < -0.3 is 15.1 Å². The van der Waals surface area contributed by atoms with Crippen LogP contribution in [-0.2, 0) is 16.1 Å². The first-order valence-electron chi connectivity index (χ1n) is 9.66. The van der Waals surface area contributed by atoms with Crippen LogP contribution in [0.2, 0.25) is 0 Å². The quantitative estimate of drug-likeness (QED) is 0.766. The molecule has 0 bridgehead atoms. The third kappa shape index (κ3) is 4.99. The van der Waals surface area contributed by atoms with E-state index in [1.54, 1.807) is 0 Å². The van der Waals surface area contributed by atoms with Gasteiger partial charge in [0.15, 0.2) is 0 Å². The monoisotopic (exact) mass is 359 g/mol. The fourth-order valence-corrected chi connectivity index (χ4v) is 2.93. The first kappa shape index (κ1) is 20.3. The average Bonchev–Trinajstić information content (AvgIpc) is 3.43. The van der Waals surface area contributed by atoms with Gasteiger partial charge in [-0.1, -0.05) is 20.8 Å². The van der Waals surface area contributed by atoms with E-state index in [9.17, 15) is 9.59 Å². The minimum atomic E-state index is -0.0694. The molecule has 1 N–H and O–H groups in total. The van der Waals surface area contributed by atoms with Gasteiger partial charge in [0.05, 0.1) is 0 Å². The molecule has 0 aromatic heterocycles. The SMILES string of the molecule is CCC(C)N(Cc1cc(NC(=O)C(C)C)ccc1N(C)C)C(=O)C1CC1. The highest BCUT2D eigenvalue weighted by molar-refractivity contribution is 5.92. The zero-order valence-corrected chi connectivity index (χ0v) is 17.0. The van der Waals surface area contributed by atoms with Crippen molar-refractivity contribution < 1.29 is 9.59 Å². The Morgan fingerprint density at radius 3 is 2.35 bits per heavy atom. The van der Waals surface area contributed by atoms with E-state index in [2.05, 4.69) is 24.1 Å². The van der Waals surface area contributed by atoms with E-state index in [1.165, 1.54) is 0 Å². The van der Waals surface area contributed by atoms with Crippen LogP contribution >= 0.6 is 0 Å². The summed E-state index contributed by atoms with van der Waals surface area (Å²) in [5.74, 6) is 0.401. The molecule has 1 unspecified atom stereocenters. The van der Waals surface area contributed by atoms with Gasteiger partial charge in [-0.3, -0.25) is 9.59 Å². The maximum absolute atomic E-state index is 12.8. The van der Waals surface area contributed by atoms with E-state index in [0.717, 1.165) is 36.2 Å². The summed E-state index contributed by atoms with van der Waals surface area (Å²) in [7, 11) is 4.00. The number of hydrogen-bond donors (Lipinski definition) is 1. The van der Waals surface area contributed by atoms with E-state index in [-0.39, 0.29) is 29.7 Å². The molecule has 1 saturated carbocycles. The third-order valence-corrected chi connectivity index (χ3v) is 5.03. The van der Waals surface area contributed by atoms with Crippen molar-refractivity contribution in [3.63, 3.8) is 0 Å². The summed E-state index contributed by atoms with van der Waals surface area (Å²) in [6, 6.07) is 6.15. The predicted octanol–water partition coefficient (Wildman–Crippen LogP) is 3.88. The van der Waals surface area contributed by atoms with Crippen LogP contribution in [0.4, 0.5) is 11.4 Å². The second-order valence-corrected chi connectivity index (χ2v) is 7.88. The van der Waals surface area contributed by atoms with E-state index in [4.69, 9.17) is 0 Å². The lowest BCUT2D eigenvalue weighted by Gasteiger charge is -2.31. The molecular formula is C21H33N3O2. The molecule has 0 aliphatic heterocycles. The Morgan fingerprint density at radius 1 is 1.19 bits per heavy atom. The van der Waals surface area contributed by atoms with Crippen molar-refractivity contribution in [1.29, 1.82) is 0 Å². The summed E-state index contributed by atoms with van der Waals surface area (Å²) >= 11 is 0. The molecule has 0 radical (unpaired) electrons. The largest absolute Gasteiger partial charge is 0.377 e. The molecule has 0 heterocycles. The van der Waals surface area contributed by atoms with Crippen LogP contribution in [-0.4, -0.2) is 36.9 Å². The Bertz CT molecular complexity index is 651. The maximum atomic E-state index is 12.8. The Kier molecular flexibility index (Phi) is 6.68. The highest BCUT2D eigenvalue weighted by Gasteiger charge is 2.35. The van der Waals surface area contributed by atoms with Crippen LogP contribution in [0.1, 0.15) is 52.5 Å². The van der Waals surface area contributed by atoms with Gasteiger partial charge in [0, 0.05) is 49.9 Å². The van der Waals surface area contributed by atoms with Gasteiger partial charge in [-0.05, 0) is 49.9 Å². The molecule has 0 saturated heterocycles. The lowest BCUT2D eigenvalue weighted by atomic mass is 10.1. The van der Waals surface area contributed by atoms with Gasteiger partial charge in [-0.15, -0.1) is 0 Å². The number of anilines is 2. The molecule has 144 valence electrons. The Balaban J connectivity index is 2.30. The summed E-state index contributed by atoms with van der Waals surface area (Å²) in [5, 5.41) is 2.97. The number of carbonyl (C=O) groups is 2. The standard InChI is InChI=1S/C21H33N3O2/c1-7-15(4)24(21(26)16-8-9-16)13-17-12-18(22-20(25)14(2)3)10-11-19(17)23(5)6/h10-12,14-16H,7-9,13H2,1-6H3,(H,22,25). The van der Waals surface area contributed by atoms with Crippen molar-refractivity contribution >= 4 is 23.2 Å². The lowest BCUT2D eigenvalue weighted by Crippen LogP contribution is -2.39. The minimum absolute atomic E-state index is 0.00129. The maximum Gasteiger partial charge on any atom is 0.226 e. The highest BCUT2D eigenvalue weighted by Crippen LogP contribution is 2.34. The molecular weight excluding hydrogens is 326 g/mol. The molecule has 1 aliphatic carbocycles. The lowest BCUT2D eigenvalue weighted by molar-refractivity contribution is -0.135. The van der Waals surface area contributed by atoms with Gasteiger partial charge >= 0.3 is 0 Å². The Hall–Kier alpha value is -2.04. The van der Waals surface area contributed by atoms with Crippen LogP contribution in [0.15, 0.2) is 18.2 Å². The molecule has 1 aliphatic rings. The number of carbonyl (C=O) groups excluding carboxylic acids is 2. The van der Waals surface area contributed by atoms with Crippen LogP contribution in [0.5, 0.6) is 0 Å². The zero-order chi connectivity index (χ0) is 19.4. The first-order valence-corrected chi connectivity index (χ1v) is 9.66. The van der Waals surface area contributed by atoms with Crippen LogP contribution in [0.25, 0.3) is 0 Å². The number of rotatable bonds is 8. The summed E-state index contributed by atoms with van der Waals surface area (Å²) < 4.78 is 0. The average molecular weight is 360 g/mol. The molecule has 1 atom stereocenters. The number of nitrogens with zero attached hydrogens (tertiary/aromatic N) is 2. The Labute approximate surface area is 157 Å². The molecule has 1 fully saturated rings. The molecule has 1 aromatic rings. The van der Waals surface area contributed by atoms with Gasteiger partial charge in [-0.2, -0.15) is 0 Å². The predicted molar refractivity (Wildman–Crippen MR) is 107 cm³/mol. The minimum Gasteiger partial charge on any atom is -0.377 e. The molecule has 5 heteroatoms. The summed E-state index contributed by atoms with van der Waals surface area (Å²) in [5.41, 5.74) is 2.92. The number of hydrogen-bond acceptors (Lipinski definition) is 3. The fraction of sp³-hybridized carbons (Fsp3) is 0.619. The number of nitrogens with one attached hydrogen (secondary N) is 1. The summed E-state index contributed by atoms with van der Waals surface area (Å²) in [6.07, 6.45) is 2.95. The van der Waals surface area contributed by atoms with Crippen LogP contribution in [0.3, 0.4) is 0 Å². The van der Waals surface area contributed by atoms with E-state index in [1.807, 2.05) is 51.0 Å². The van der Waals surface area contributed by atoms with Gasteiger partial charge in [-0.25, -0.2) is 0 Å². The van der Waals surface area contributed by atoms with E-state index < -0.39 is 0 Å². The normalized spacial score (nSPS) is 14.9. The van der Waals surface area contributed by atoms with Crippen molar-refractivity contribution in [2.75, 3.05) is 24.3 Å². The summed E-state index contributed by atoms with van der Waals surface area (Å²) in [6.45, 7) is 8.56. The number of benzene rings is 1. The molecule has 2 amide bonds. The summed E-state index contributed by atoms with van der Waals surface area (Å²) in [4.78, 5) is 28.9. The third-order valence-electron chi connectivity index (χ3n) is 5.03. The van der Waals surface area contributed by atoms with Crippen molar-refractivity contribution in [2.24, 2.45) is 11.8 Å². The van der Waals surface area contributed by atoms with Crippen molar-refractivity contribution in [3.8, 4) is 0 Å². The Morgan fingerprint density at radius 2 is 1.85 bits per heavy atom. The van der Waals surface area contributed by atoms with Crippen LogP contribution < -0.4 is 10.2 Å². The second kappa shape index (κ2) is 8.56. The van der Waals surface area contributed by atoms with Gasteiger partial charge in [0.1, 0.15) is 0 Å². The van der Waals surface area contributed by atoms with E-state index >= 15 is 0 Å². The fourth-order valence-electron chi connectivity index (χ4n) is 2.93. The molecule has 1 aromatic carbocycles. The zero-order valence-electron chi connectivity index (χ0n) is 17.0. The van der Waals surface area contributed by atoms with E-state index in [0.29, 0.717) is 6.54 Å². The van der Waals surface area contributed by atoms with Gasteiger partial charge in [0.25, 0.3) is 0 Å². The highest BCUT2D eigenvalue weighted by atomic mass is 16.2. The second-order valence-electron chi connectivity index (χ2n) is 7.88. The van der Waals surface area contributed by atoms with Crippen molar-refractivity contribution in [2.45, 2.75) is 59.5 Å². The molecule has 5 nitrogen and oxygen atoms in total. The van der Waals surface area contributed by atoms with Gasteiger partial charge in [0.2, 0.25) is 11.8 Å². The molecule has 26 heavy (non-hydrogen) atoms. The first-order chi connectivity index (χ1) is 12.2. The van der Waals surface area contributed by atoms with Crippen molar-refractivity contribution in [3.05, 3.63) is 23.8 Å². The number of amides is 2. The van der Waals surface area contributed by atoms with Crippen LogP contribution in [0, 0.1) is 11.8 Å².